The summed E-state index contributed by atoms with van der Waals surface area (Å²) in [6.45, 7) is 2.37. The monoisotopic (exact) mass is 331 g/mol. The summed E-state index contributed by atoms with van der Waals surface area (Å²) in [4.78, 5) is 0. The predicted octanol–water partition coefficient (Wildman–Crippen LogP) is 4.40. The number of ether oxygens (including phenoxy) is 1. The van der Waals surface area contributed by atoms with Gasteiger partial charge in [-0.05, 0) is 30.2 Å². The Hall–Kier alpha value is -0.870. The molecule has 21 heavy (non-hydrogen) atoms. The molecule has 1 aliphatic carbocycles. The molecule has 116 valence electrons. The summed E-state index contributed by atoms with van der Waals surface area (Å²) >= 11 is 6.15. The summed E-state index contributed by atoms with van der Waals surface area (Å²) in [6, 6.07) is 7.52. The summed E-state index contributed by atoms with van der Waals surface area (Å²) in [7, 11) is 1.61. The fourth-order valence-electron chi connectivity index (χ4n) is 2.32. The molecule has 0 aromatic heterocycles. The van der Waals surface area contributed by atoms with Crippen LogP contribution in [0.1, 0.15) is 18.9 Å². The van der Waals surface area contributed by atoms with Gasteiger partial charge in [-0.1, -0.05) is 42.0 Å². The van der Waals surface area contributed by atoms with Crippen molar-refractivity contribution in [3.8, 4) is 0 Å². The van der Waals surface area contributed by atoms with E-state index in [4.69, 9.17) is 16.3 Å². The van der Waals surface area contributed by atoms with Crippen molar-refractivity contribution in [1.29, 1.82) is 0 Å². The molecule has 0 saturated heterocycles. The molecule has 0 radical (unpaired) electrons. The summed E-state index contributed by atoms with van der Waals surface area (Å²) in [5.41, 5.74) is 1.88. The van der Waals surface area contributed by atoms with Crippen LogP contribution in [-0.4, -0.2) is 25.6 Å². The number of benzene rings is 1. The Labute approximate surface area is 136 Å². The molecular weight excluding hydrogens is 312 g/mol. The number of methoxy groups -OCH3 is 1. The van der Waals surface area contributed by atoms with Crippen LogP contribution in [0.15, 0.2) is 42.5 Å². The van der Waals surface area contributed by atoms with Crippen LogP contribution in [0.25, 0.3) is 5.57 Å². The van der Waals surface area contributed by atoms with Crippen molar-refractivity contribution in [2.24, 2.45) is 0 Å². The molecule has 2 atom stereocenters. The molecule has 0 saturated carbocycles. The summed E-state index contributed by atoms with van der Waals surface area (Å²) < 4.78 is 19.6. The van der Waals surface area contributed by atoms with Crippen molar-refractivity contribution in [3.63, 3.8) is 0 Å². The fourth-order valence-corrected chi connectivity index (χ4v) is 2.56. The highest BCUT2D eigenvalue weighted by atomic mass is 35.5. The molecule has 0 heterocycles. The van der Waals surface area contributed by atoms with Gasteiger partial charge in [0.1, 0.15) is 0 Å². The van der Waals surface area contributed by atoms with E-state index in [1.54, 1.807) is 19.3 Å². The van der Waals surface area contributed by atoms with Crippen LogP contribution in [0, 0.1) is 0 Å². The number of rotatable bonds is 5. The largest absolute Gasteiger partial charge is 0.383 e. The first-order chi connectivity index (χ1) is 9.54. The molecule has 0 bridgehead atoms. The maximum Gasteiger partial charge on any atom is 0.184 e. The third-order valence-electron chi connectivity index (χ3n) is 3.23. The van der Waals surface area contributed by atoms with E-state index in [1.807, 2.05) is 37.3 Å². The molecule has 0 aliphatic heterocycles. The number of hydrogen-bond donors (Lipinski definition) is 1. The van der Waals surface area contributed by atoms with Crippen LogP contribution in [0.2, 0.25) is 5.02 Å². The van der Waals surface area contributed by atoms with Crippen LogP contribution in [-0.2, 0) is 4.74 Å². The minimum atomic E-state index is -1.53. The average Bonchev–Trinajstić information content (AvgIpc) is 2.40. The number of hydrogen-bond acceptors (Lipinski definition) is 2. The third-order valence-corrected chi connectivity index (χ3v) is 3.56. The van der Waals surface area contributed by atoms with Gasteiger partial charge in [-0.2, -0.15) is 0 Å². The Bertz CT molecular complexity index is 533. The van der Waals surface area contributed by atoms with Crippen LogP contribution < -0.4 is 5.32 Å². The first-order valence-corrected chi connectivity index (χ1v) is 7.02. The zero-order valence-corrected chi connectivity index (χ0v) is 13.7. The van der Waals surface area contributed by atoms with Crippen molar-refractivity contribution in [2.75, 3.05) is 13.7 Å². The normalized spacial score (nSPS) is 22.4. The van der Waals surface area contributed by atoms with E-state index < -0.39 is 5.79 Å². The van der Waals surface area contributed by atoms with Crippen molar-refractivity contribution in [3.05, 3.63) is 53.1 Å². The molecule has 1 aliphatic rings. The van der Waals surface area contributed by atoms with Crippen LogP contribution in [0.4, 0.5) is 4.39 Å². The van der Waals surface area contributed by atoms with Gasteiger partial charge in [-0.3, -0.25) is 5.32 Å². The summed E-state index contributed by atoms with van der Waals surface area (Å²) in [5.74, 6) is -1.53. The maximum atomic E-state index is 14.6. The SMILES string of the molecule is COCC(C)NC1(F)C=CC(c2ccccc2Cl)=CC1.Cl. The zero-order valence-electron chi connectivity index (χ0n) is 12.1. The lowest BCUT2D eigenvalue weighted by Crippen LogP contribution is -2.46. The second-order valence-electron chi connectivity index (χ2n) is 5.04. The second kappa shape index (κ2) is 7.95. The Morgan fingerprint density at radius 2 is 2.14 bits per heavy atom. The molecule has 0 amide bonds. The molecule has 1 aromatic carbocycles. The van der Waals surface area contributed by atoms with E-state index >= 15 is 0 Å². The van der Waals surface area contributed by atoms with E-state index in [0.29, 0.717) is 11.6 Å². The molecule has 0 fully saturated rings. The topological polar surface area (TPSA) is 21.3 Å². The third kappa shape index (κ3) is 4.82. The van der Waals surface area contributed by atoms with Crippen LogP contribution in [0.5, 0.6) is 0 Å². The van der Waals surface area contributed by atoms with Gasteiger partial charge in [0, 0.05) is 24.6 Å². The first kappa shape index (κ1) is 18.2. The van der Waals surface area contributed by atoms with Crippen molar-refractivity contribution < 1.29 is 9.13 Å². The number of allylic oxidation sites excluding steroid dienone is 2. The quantitative estimate of drug-likeness (QED) is 0.807. The Morgan fingerprint density at radius 1 is 1.43 bits per heavy atom. The van der Waals surface area contributed by atoms with Gasteiger partial charge in [0.15, 0.2) is 5.79 Å². The van der Waals surface area contributed by atoms with E-state index in [2.05, 4.69) is 5.32 Å². The van der Waals surface area contributed by atoms with Gasteiger partial charge in [0.2, 0.25) is 0 Å². The van der Waals surface area contributed by atoms with E-state index in [-0.39, 0.29) is 24.9 Å². The molecule has 5 heteroatoms. The van der Waals surface area contributed by atoms with Crippen molar-refractivity contribution >= 4 is 29.6 Å². The van der Waals surface area contributed by atoms with Gasteiger partial charge in [-0.25, -0.2) is 4.39 Å². The van der Waals surface area contributed by atoms with Gasteiger partial charge in [-0.15, -0.1) is 12.4 Å². The van der Waals surface area contributed by atoms with Crippen LogP contribution >= 0.6 is 24.0 Å². The van der Waals surface area contributed by atoms with E-state index in [9.17, 15) is 4.39 Å². The minimum Gasteiger partial charge on any atom is -0.383 e. The lowest BCUT2D eigenvalue weighted by atomic mass is 9.95. The average molecular weight is 332 g/mol. The van der Waals surface area contributed by atoms with Crippen molar-refractivity contribution in [2.45, 2.75) is 25.2 Å². The smallest absolute Gasteiger partial charge is 0.184 e. The highest BCUT2D eigenvalue weighted by Gasteiger charge is 2.29. The summed E-state index contributed by atoms with van der Waals surface area (Å²) in [6.07, 6.45) is 5.47. The summed E-state index contributed by atoms with van der Waals surface area (Å²) in [5, 5.41) is 3.60. The Balaban J connectivity index is 0.00000220. The number of halogens is 3. The highest BCUT2D eigenvalue weighted by molar-refractivity contribution is 6.32. The Kier molecular flexibility index (Phi) is 6.88. The van der Waals surface area contributed by atoms with Crippen molar-refractivity contribution in [1.82, 2.24) is 5.32 Å². The van der Waals surface area contributed by atoms with E-state index in [0.717, 1.165) is 11.1 Å². The molecule has 2 nitrogen and oxygen atoms in total. The minimum absolute atomic E-state index is 0. The molecular formula is C16H20Cl2FNO. The number of nitrogens with one attached hydrogen (secondary N) is 1. The second-order valence-corrected chi connectivity index (χ2v) is 5.45. The lowest BCUT2D eigenvalue weighted by Gasteiger charge is -2.28. The molecule has 2 unspecified atom stereocenters. The Morgan fingerprint density at radius 3 is 2.71 bits per heavy atom. The zero-order chi connectivity index (χ0) is 14.6. The molecule has 1 aromatic rings. The fraction of sp³-hybridized carbons (Fsp3) is 0.375. The van der Waals surface area contributed by atoms with Gasteiger partial charge < -0.3 is 4.74 Å². The van der Waals surface area contributed by atoms with Gasteiger partial charge >= 0.3 is 0 Å². The van der Waals surface area contributed by atoms with Gasteiger partial charge in [0.05, 0.1) is 6.61 Å². The lowest BCUT2D eigenvalue weighted by molar-refractivity contribution is 0.111. The van der Waals surface area contributed by atoms with Gasteiger partial charge in [0.25, 0.3) is 0 Å². The molecule has 1 N–H and O–H groups in total. The highest BCUT2D eigenvalue weighted by Crippen LogP contribution is 2.31. The first-order valence-electron chi connectivity index (χ1n) is 6.64. The number of alkyl halides is 1. The molecule has 0 spiro atoms. The van der Waals surface area contributed by atoms with E-state index in [1.165, 1.54) is 0 Å². The van der Waals surface area contributed by atoms with Crippen LogP contribution in [0.3, 0.4) is 0 Å². The predicted molar refractivity (Wildman–Crippen MR) is 88.7 cm³/mol. The maximum absolute atomic E-state index is 14.6. The standard InChI is InChI=1S/C16H19ClFNO.ClH/c1-12(11-20-2)19-16(18)9-7-13(8-10-16)14-5-3-4-6-15(14)17;/h3-9,12,19H,10-11H2,1-2H3;1H. The molecule has 2 rings (SSSR count).